The van der Waals surface area contributed by atoms with Crippen molar-refractivity contribution < 1.29 is 24.5 Å². The molecule has 40 heavy (non-hydrogen) atoms. The van der Waals surface area contributed by atoms with Crippen LogP contribution >= 0.6 is 0 Å². The average Bonchev–Trinajstić information content (AvgIpc) is 3.20. The van der Waals surface area contributed by atoms with Gasteiger partial charge in [0.2, 0.25) is 0 Å². The first-order valence-corrected chi connectivity index (χ1v) is 15.9. The van der Waals surface area contributed by atoms with E-state index in [1.807, 2.05) is 13.0 Å². The summed E-state index contributed by atoms with van der Waals surface area (Å²) in [5.41, 5.74) is -0.158. The monoisotopic (exact) mass is 558 g/mol. The number of hydrogen-bond acceptors (Lipinski definition) is 5. The van der Waals surface area contributed by atoms with E-state index in [1.54, 1.807) is 0 Å². The SMILES string of the molecule is C=CCO[C@@H]1C[C@@H]2[C@@]3(C)CC[C@H](O)C(C)(C)[C@@H]3[C@@H](OC(C)=O)C[C@@]2(C)[C@]2(C)CC[C@H]([C@@](C)(O)CCC=C(C)C)[C@@H]12. The minimum atomic E-state index is -0.791. The summed E-state index contributed by atoms with van der Waals surface area (Å²) < 4.78 is 12.9. The number of esters is 1. The zero-order valence-electron chi connectivity index (χ0n) is 26.9. The van der Waals surface area contributed by atoms with Gasteiger partial charge in [0, 0.05) is 12.8 Å². The molecule has 5 nitrogen and oxygen atoms in total. The van der Waals surface area contributed by atoms with Crippen molar-refractivity contribution in [3.8, 4) is 0 Å². The van der Waals surface area contributed by atoms with Crippen LogP contribution in [0.1, 0.15) is 114 Å². The van der Waals surface area contributed by atoms with Gasteiger partial charge in [-0.15, -0.1) is 6.58 Å². The van der Waals surface area contributed by atoms with E-state index in [4.69, 9.17) is 9.47 Å². The molecule has 4 rings (SSSR count). The molecule has 5 heteroatoms. The van der Waals surface area contributed by atoms with Crippen LogP contribution in [0, 0.1) is 45.3 Å². The molecule has 0 aliphatic heterocycles. The van der Waals surface area contributed by atoms with Gasteiger partial charge in [0.1, 0.15) is 6.10 Å². The number of carbonyl (C=O) groups excluding carboxylic acids is 1. The van der Waals surface area contributed by atoms with Crippen LogP contribution in [0.2, 0.25) is 0 Å². The van der Waals surface area contributed by atoms with E-state index in [0.29, 0.717) is 12.5 Å². The third-order valence-electron chi connectivity index (χ3n) is 13.0. The molecule has 4 aliphatic rings. The van der Waals surface area contributed by atoms with Crippen molar-refractivity contribution in [2.75, 3.05) is 6.61 Å². The molecule has 4 aliphatic carbocycles. The second-order valence-electron chi connectivity index (χ2n) is 15.8. The standard InChI is InChI=1S/C35H58O5/c1-11-19-39-25-20-27-32(7)17-15-28(37)31(5,6)30(32)26(40-23(4)36)21-34(27,9)33(8)18-14-24(29(25)33)35(10,38)16-12-13-22(2)3/h11,13,24-30,37-38H,1,12,14-21H2,2-10H3/t24-,25+,26-,27+,28-,29-,30-,32+,33+,34+,35-/m0/s1. The molecular weight excluding hydrogens is 500 g/mol. The molecule has 0 radical (unpaired) electrons. The number of allylic oxidation sites excluding steroid dienone is 2. The molecule has 4 fully saturated rings. The summed E-state index contributed by atoms with van der Waals surface area (Å²) in [6.45, 7) is 24.0. The number of carbonyl (C=O) groups is 1. The first-order chi connectivity index (χ1) is 18.5. The van der Waals surface area contributed by atoms with E-state index in [9.17, 15) is 15.0 Å². The van der Waals surface area contributed by atoms with E-state index in [1.165, 1.54) is 12.5 Å². The maximum Gasteiger partial charge on any atom is 0.302 e. The average molecular weight is 559 g/mol. The van der Waals surface area contributed by atoms with Gasteiger partial charge < -0.3 is 19.7 Å². The van der Waals surface area contributed by atoms with Gasteiger partial charge in [0.25, 0.3) is 0 Å². The summed E-state index contributed by atoms with van der Waals surface area (Å²) in [7, 11) is 0. The van der Waals surface area contributed by atoms with Crippen molar-refractivity contribution in [3.05, 3.63) is 24.3 Å². The lowest BCUT2D eigenvalue weighted by atomic mass is 9.34. The Labute approximate surface area is 244 Å². The topological polar surface area (TPSA) is 76.0 Å². The van der Waals surface area contributed by atoms with Crippen LogP contribution in [0.4, 0.5) is 0 Å². The van der Waals surface area contributed by atoms with E-state index >= 15 is 0 Å². The van der Waals surface area contributed by atoms with Gasteiger partial charge in [-0.05, 0) is 112 Å². The third-order valence-corrected chi connectivity index (χ3v) is 13.0. The van der Waals surface area contributed by atoms with Gasteiger partial charge in [0.15, 0.2) is 0 Å². The molecule has 0 spiro atoms. The molecule has 228 valence electrons. The lowest BCUT2D eigenvalue weighted by molar-refractivity contribution is -0.280. The highest BCUT2D eigenvalue weighted by atomic mass is 16.5. The lowest BCUT2D eigenvalue weighted by Gasteiger charge is -2.71. The van der Waals surface area contributed by atoms with Crippen LogP contribution in [0.3, 0.4) is 0 Å². The van der Waals surface area contributed by atoms with Crippen molar-refractivity contribution in [1.82, 2.24) is 0 Å². The van der Waals surface area contributed by atoms with Gasteiger partial charge in [-0.3, -0.25) is 4.79 Å². The Morgan fingerprint density at radius 1 is 1.05 bits per heavy atom. The number of aliphatic hydroxyl groups is 2. The van der Waals surface area contributed by atoms with Crippen molar-refractivity contribution in [1.29, 1.82) is 0 Å². The summed E-state index contributed by atoms with van der Waals surface area (Å²) in [6.07, 6.45) is 10.5. The first-order valence-electron chi connectivity index (χ1n) is 15.9. The van der Waals surface area contributed by atoms with E-state index in [0.717, 1.165) is 51.4 Å². The Morgan fingerprint density at radius 3 is 2.33 bits per heavy atom. The predicted molar refractivity (Wildman–Crippen MR) is 161 cm³/mol. The number of hydrogen-bond donors (Lipinski definition) is 2. The summed E-state index contributed by atoms with van der Waals surface area (Å²) in [5, 5.41) is 23.2. The Bertz CT molecular complexity index is 994. The molecular formula is C35H58O5. The quantitative estimate of drug-likeness (QED) is 0.242. The molecule has 0 heterocycles. The van der Waals surface area contributed by atoms with Gasteiger partial charge >= 0.3 is 5.97 Å². The summed E-state index contributed by atoms with van der Waals surface area (Å²) in [6, 6.07) is 0. The second-order valence-corrected chi connectivity index (χ2v) is 15.8. The highest BCUT2D eigenvalue weighted by molar-refractivity contribution is 5.66. The summed E-state index contributed by atoms with van der Waals surface area (Å²) >= 11 is 0. The number of rotatable bonds is 8. The fraction of sp³-hybridized carbons (Fsp3) is 0.857. The molecule has 2 N–H and O–H groups in total. The van der Waals surface area contributed by atoms with Gasteiger partial charge in [-0.25, -0.2) is 0 Å². The predicted octanol–water partition coefficient (Wildman–Crippen LogP) is 7.25. The summed E-state index contributed by atoms with van der Waals surface area (Å²) in [4.78, 5) is 12.5. The van der Waals surface area contributed by atoms with Crippen LogP contribution in [0.15, 0.2) is 24.3 Å². The zero-order chi connectivity index (χ0) is 29.9. The van der Waals surface area contributed by atoms with E-state index in [2.05, 4.69) is 61.1 Å². The molecule has 0 amide bonds. The van der Waals surface area contributed by atoms with Gasteiger partial charge in [-0.2, -0.15) is 0 Å². The van der Waals surface area contributed by atoms with Crippen molar-refractivity contribution in [3.63, 3.8) is 0 Å². The molecule has 0 aromatic rings. The Kier molecular flexibility index (Phi) is 8.60. The highest BCUT2D eigenvalue weighted by Crippen LogP contribution is 2.76. The molecule has 0 bridgehead atoms. The first kappa shape index (κ1) is 31.8. The molecule has 11 atom stereocenters. The minimum Gasteiger partial charge on any atom is -0.462 e. The van der Waals surface area contributed by atoms with Crippen molar-refractivity contribution >= 4 is 5.97 Å². The summed E-state index contributed by atoms with van der Waals surface area (Å²) in [5.74, 6) is 0.527. The van der Waals surface area contributed by atoms with Crippen LogP contribution in [-0.4, -0.2) is 46.7 Å². The Morgan fingerprint density at radius 2 is 1.73 bits per heavy atom. The van der Waals surface area contributed by atoms with E-state index < -0.39 is 11.7 Å². The molecule has 0 aromatic heterocycles. The largest absolute Gasteiger partial charge is 0.462 e. The second kappa shape index (κ2) is 10.8. The molecule has 0 aromatic carbocycles. The highest BCUT2D eigenvalue weighted by Gasteiger charge is 2.73. The zero-order valence-corrected chi connectivity index (χ0v) is 26.9. The normalized spacial score (nSPS) is 45.3. The maximum atomic E-state index is 12.5. The minimum absolute atomic E-state index is 0.0289. The Balaban J connectivity index is 1.81. The van der Waals surface area contributed by atoms with Crippen LogP contribution in [0.25, 0.3) is 0 Å². The number of fused-ring (bicyclic) bond motifs is 5. The number of ether oxygens (including phenoxy) is 2. The van der Waals surface area contributed by atoms with Gasteiger partial charge in [0.05, 0.1) is 24.4 Å². The van der Waals surface area contributed by atoms with Crippen molar-refractivity contribution in [2.45, 2.75) is 138 Å². The third kappa shape index (κ3) is 4.94. The number of aliphatic hydroxyl groups excluding tert-OH is 1. The maximum absolute atomic E-state index is 12.5. The van der Waals surface area contributed by atoms with Crippen LogP contribution in [-0.2, 0) is 14.3 Å². The molecule has 4 saturated carbocycles. The van der Waals surface area contributed by atoms with Crippen molar-refractivity contribution in [2.24, 2.45) is 45.3 Å². The lowest BCUT2D eigenvalue weighted by Crippen LogP contribution is -2.70. The fourth-order valence-electron chi connectivity index (χ4n) is 11.1. The van der Waals surface area contributed by atoms with Gasteiger partial charge in [-0.1, -0.05) is 52.3 Å². The Hall–Kier alpha value is -1.17. The molecule has 0 unspecified atom stereocenters. The smallest absolute Gasteiger partial charge is 0.302 e. The van der Waals surface area contributed by atoms with E-state index in [-0.39, 0.29) is 57.6 Å². The van der Waals surface area contributed by atoms with Crippen LogP contribution < -0.4 is 0 Å². The van der Waals surface area contributed by atoms with Crippen LogP contribution in [0.5, 0.6) is 0 Å². The molecule has 0 saturated heterocycles. The fourth-order valence-corrected chi connectivity index (χ4v) is 11.1.